The van der Waals surface area contributed by atoms with Crippen LogP contribution in [-0.4, -0.2) is 23.1 Å². The maximum absolute atomic E-state index is 12.9. The van der Waals surface area contributed by atoms with Crippen LogP contribution in [0.5, 0.6) is 0 Å². The van der Waals surface area contributed by atoms with E-state index in [-0.39, 0.29) is 12.3 Å². The highest BCUT2D eigenvalue weighted by Crippen LogP contribution is 2.10. The van der Waals surface area contributed by atoms with Crippen molar-refractivity contribution in [3.8, 4) is 0 Å². The summed E-state index contributed by atoms with van der Waals surface area (Å²) in [5.41, 5.74) is 0.315. The zero-order chi connectivity index (χ0) is 14.4. The maximum Gasteiger partial charge on any atom is 0.319 e. The molecule has 1 rings (SSSR count). The summed E-state index contributed by atoms with van der Waals surface area (Å²) >= 11 is 0. The van der Waals surface area contributed by atoms with Gasteiger partial charge in [0.15, 0.2) is 0 Å². The van der Waals surface area contributed by atoms with Crippen molar-refractivity contribution in [1.82, 2.24) is 5.32 Å². The third kappa shape index (κ3) is 5.37. The molecular weight excluding hydrogens is 251 g/mol. The summed E-state index contributed by atoms with van der Waals surface area (Å²) in [6.45, 7) is 3.63. The van der Waals surface area contributed by atoms with Gasteiger partial charge in [-0.3, -0.25) is 4.79 Å². The lowest BCUT2D eigenvalue weighted by Crippen LogP contribution is -2.42. The summed E-state index contributed by atoms with van der Waals surface area (Å²) in [7, 11) is 0. The second-order valence-electron chi connectivity index (χ2n) is 4.56. The summed E-state index contributed by atoms with van der Waals surface area (Å²) in [5.74, 6) is -1.46. The van der Waals surface area contributed by atoms with Gasteiger partial charge in [0.1, 0.15) is 5.82 Å². The molecule has 19 heavy (non-hydrogen) atoms. The number of carboxylic acids is 1. The normalized spacial score (nSPS) is 12.0. The van der Waals surface area contributed by atoms with Gasteiger partial charge in [-0.2, -0.15) is 0 Å². The van der Waals surface area contributed by atoms with E-state index in [2.05, 4.69) is 10.6 Å². The van der Waals surface area contributed by atoms with Gasteiger partial charge in [0, 0.05) is 11.7 Å². The Kier molecular flexibility index (Phi) is 5.29. The van der Waals surface area contributed by atoms with Crippen molar-refractivity contribution < 1.29 is 19.1 Å². The van der Waals surface area contributed by atoms with Crippen molar-refractivity contribution >= 4 is 17.7 Å². The van der Waals surface area contributed by atoms with E-state index in [0.29, 0.717) is 5.69 Å². The number of carboxylic acid groups (broad SMARTS) is 1. The topological polar surface area (TPSA) is 78.4 Å². The first-order valence-corrected chi connectivity index (χ1v) is 5.93. The highest BCUT2D eigenvalue weighted by atomic mass is 19.1. The van der Waals surface area contributed by atoms with Gasteiger partial charge in [-0.25, -0.2) is 9.18 Å². The van der Waals surface area contributed by atoms with E-state index in [1.165, 1.54) is 18.2 Å². The van der Waals surface area contributed by atoms with Crippen molar-refractivity contribution in [3.63, 3.8) is 0 Å². The van der Waals surface area contributed by atoms with Gasteiger partial charge in [0.2, 0.25) is 0 Å². The van der Waals surface area contributed by atoms with E-state index < -0.39 is 23.9 Å². The number of carbonyl (C=O) groups is 2. The van der Waals surface area contributed by atoms with Gasteiger partial charge in [-0.1, -0.05) is 19.9 Å². The van der Waals surface area contributed by atoms with Crippen LogP contribution in [0.3, 0.4) is 0 Å². The maximum atomic E-state index is 12.9. The number of aliphatic carboxylic acids is 1. The number of nitrogens with one attached hydrogen (secondary N) is 2. The molecule has 0 fully saturated rings. The average molecular weight is 268 g/mol. The molecule has 0 aliphatic heterocycles. The minimum atomic E-state index is -0.982. The largest absolute Gasteiger partial charge is 0.481 e. The zero-order valence-electron chi connectivity index (χ0n) is 10.8. The minimum absolute atomic E-state index is 0.0191. The third-order valence-corrected chi connectivity index (χ3v) is 2.60. The molecule has 2 amide bonds. The van der Waals surface area contributed by atoms with E-state index in [1.54, 1.807) is 6.07 Å². The molecule has 3 N–H and O–H groups in total. The quantitative estimate of drug-likeness (QED) is 0.767. The molecule has 0 aliphatic carbocycles. The number of hydrogen-bond donors (Lipinski definition) is 3. The van der Waals surface area contributed by atoms with Gasteiger partial charge < -0.3 is 15.7 Å². The lowest BCUT2D eigenvalue weighted by molar-refractivity contribution is -0.137. The Bertz CT molecular complexity index is 463. The van der Waals surface area contributed by atoms with E-state index in [4.69, 9.17) is 5.11 Å². The number of rotatable bonds is 5. The van der Waals surface area contributed by atoms with E-state index in [0.717, 1.165) is 0 Å². The third-order valence-electron chi connectivity index (χ3n) is 2.60. The van der Waals surface area contributed by atoms with Crippen LogP contribution >= 0.6 is 0 Å². The van der Waals surface area contributed by atoms with Crippen LogP contribution in [0.25, 0.3) is 0 Å². The smallest absolute Gasteiger partial charge is 0.319 e. The average Bonchev–Trinajstić information content (AvgIpc) is 2.27. The number of benzene rings is 1. The fourth-order valence-corrected chi connectivity index (χ4v) is 1.54. The molecule has 0 saturated carbocycles. The molecule has 6 heteroatoms. The van der Waals surface area contributed by atoms with E-state index in [1.807, 2.05) is 13.8 Å². The van der Waals surface area contributed by atoms with Crippen LogP contribution in [-0.2, 0) is 4.79 Å². The monoisotopic (exact) mass is 268 g/mol. The van der Waals surface area contributed by atoms with Crippen LogP contribution in [0.4, 0.5) is 14.9 Å². The molecule has 0 radical (unpaired) electrons. The highest BCUT2D eigenvalue weighted by Gasteiger charge is 2.19. The molecule has 104 valence electrons. The standard InChI is InChI=1S/C13H17FN2O3/c1-8(2)11(7-12(17)18)16-13(19)15-10-5-3-4-9(14)6-10/h3-6,8,11H,7H2,1-2H3,(H,17,18)(H2,15,16,19). The molecule has 0 saturated heterocycles. The van der Waals surface area contributed by atoms with E-state index >= 15 is 0 Å². The summed E-state index contributed by atoms with van der Waals surface area (Å²) in [6.07, 6.45) is -0.158. The van der Waals surface area contributed by atoms with Crippen LogP contribution in [0.15, 0.2) is 24.3 Å². The van der Waals surface area contributed by atoms with Crippen molar-refractivity contribution in [2.24, 2.45) is 5.92 Å². The van der Waals surface area contributed by atoms with Crippen molar-refractivity contribution in [2.75, 3.05) is 5.32 Å². The Hall–Kier alpha value is -2.11. The number of halogens is 1. The molecule has 1 aromatic rings. The zero-order valence-corrected chi connectivity index (χ0v) is 10.8. The summed E-state index contributed by atoms with van der Waals surface area (Å²) in [6, 6.07) is 4.44. The van der Waals surface area contributed by atoms with Crippen LogP contribution in [0, 0.1) is 11.7 Å². The first-order chi connectivity index (χ1) is 8.88. The Morgan fingerprint density at radius 2 is 2.05 bits per heavy atom. The minimum Gasteiger partial charge on any atom is -0.481 e. The van der Waals surface area contributed by atoms with Gasteiger partial charge in [0.05, 0.1) is 6.42 Å². The Balaban J connectivity index is 2.60. The van der Waals surface area contributed by atoms with Crippen LogP contribution in [0.1, 0.15) is 20.3 Å². The summed E-state index contributed by atoms with van der Waals surface area (Å²) in [5, 5.41) is 13.8. The van der Waals surface area contributed by atoms with E-state index in [9.17, 15) is 14.0 Å². The molecule has 1 unspecified atom stereocenters. The summed E-state index contributed by atoms with van der Waals surface area (Å²) in [4.78, 5) is 22.4. The molecule has 0 spiro atoms. The fourth-order valence-electron chi connectivity index (χ4n) is 1.54. The number of carbonyl (C=O) groups excluding carboxylic acids is 1. The molecular formula is C13H17FN2O3. The number of urea groups is 1. The van der Waals surface area contributed by atoms with Crippen molar-refractivity contribution in [3.05, 3.63) is 30.1 Å². The molecule has 0 aromatic heterocycles. The van der Waals surface area contributed by atoms with Crippen molar-refractivity contribution in [2.45, 2.75) is 26.3 Å². The molecule has 0 heterocycles. The van der Waals surface area contributed by atoms with Gasteiger partial charge in [0.25, 0.3) is 0 Å². The summed E-state index contributed by atoms with van der Waals surface area (Å²) < 4.78 is 12.9. The van der Waals surface area contributed by atoms with Gasteiger partial charge in [-0.15, -0.1) is 0 Å². The predicted octanol–water partition coefficient (Wildman–Crippen LogP) is 2.45. The van der Waals surface area contributed by atoms with Crippen LogP contribution < -0.4 is 10.6 Å². The molecule has 0 aliphatic rings. The Morgan fingerprint density at radius 1 is 1.37 bits per heavy atom. The number of hydrogen-bond acceptors (Lipinski definition) is 2. The first-order valence-electron chi connectivity index (χ1n) is 5.93. The van der Waals surface area contributed by atoms with Gasteiger partial charge >= 0.3 is 12.0 Å². The lowest BCUT2D eigenvalue weighted by atomic mass is 10.0. The second-order valence-corrected chi connectivity index (χ2v) is 4.56. The SMILES string of the molecule is CC(C)C(CC(=O)O)NC(=O)Nc1cccc(F)c1. The second kappa shape index (κ2) is 6.72. The fraction of sp³-hybridized carbons (Fsp3) is 0.385. The highest BCUT2D eigenvalue weighted by molar-refractivity contribution is 5.89. The van der Waals surface area contributed by atoms with Crippen LogP contribution in [0.2, 0.25) is 0 Å². The molecule has 0 bridgehead atoms. The predicted molar refractivity (Wildman–Crippen MR) is 69.4 cm³/mol. The molecule has 1 atom stereocenters. The van der Waals surface area contributed by atoms with Gasteiger partial charge in [-0.05, 0) is 24.1 Å². The number of amides is 2. The molecule has 1 aromatic carbocycles. The Labute approximate surface area is 110 Å². The lowest BCUT2D eigenvalue weighted by Gasteiger charge is -2.20. The first kappa shape index (κ1) is 14.9. The molecule has 5 nitrogen and oxygen atoms in total. The number of anilines is 1. The Morgan fingerprint density at radius 3 is 2.58 bits per heavy atom. The van der Waals surface area contributed by atoms with Crippen molar-refractivity contribution in [1.29, 1.82) is 0 Å².